The first-order valence-corrected chi connectivity index (χ1v) is 12.2. The van der Waals surface area contributed by atoms with E-state index in [2.05, 4.69) is 20.8 Å². The van der Waals surface area contributed by atoms with E-state index >= 15 is 0 Å². The lowest BCUT2D eigenvalue weighted by molar-refractivity contribution is -0.0379. The summed E-state index contributed by atoms with van der Waals surface area (Å²) in [5.74, 6) is 1.56. The zero-order valence-corrected chi connectivity index (χ0v) is 18.7. The van der Waals surface area contributed by atoms with Gasteiger partial charge in [0.2, 0.25) is 0 Å². The van der Waals surface area contributed by atoms with Crippen LogP contribution in [0.3, 0.4) is 0 Å². The van der Waals surface area contributed by atoms with Crippen molar-refractivity contribution in [3.63, 3.8) is 0 Å². The van der Waals surface area contributed by atoms with Gasteiger partial charge in [-0.25, -0.2) is 14.4 Å². The predicted octanol–water partition coefficient (Wildman–Crippen LogP) is 6.48. The number of nitrogens with zero attached hydrogens (tertiary/aromatic N) is 2. The van der Waals surface area contributed by atoms with Crippen molar-refractivity contribution >= 4 is 45.1 Å². The Morgan fingerprint density at radius 2 is 1.96 bits per heavy atom. The molecule has 2 aromatic heterocycles. The first-order valence-electron chi connectivity index (χ1n) is 9.41. The lowest BCUT2D eigenvalue weighted by Gasteiger charge is -2.30. The van der Waals surface area contributed by atoms with Crippen LogP contribution in [0.2, 0.25) is 0 Å². The molecule has 0 bridgehead atoms. The minimum atomic E-state index is -0.203. The molecule has 28 heavy (non-hydrogen) atoms. The van der Waals surface area contributed by atoms with E-state index in [1.165, 1.54) is 28.0 Å². The molecule has 1 aromatic carbocycles. The van der Waals surface area contributed by atoms with Gasteiger partial charge in [0.1, 0.15) is 15.7 Å². The zero-order valence-electron chi connectivity index (χ0n) is 16.3. The van der Waals surface area contributed by atoms with E-state index in [4.69, 9.17) is 14.7 Å². The van der Waals surface area contributed by atoms with Crippen molar-refractivity contribution in [1.82, 2.24) is 9.97 Å². The summed E-state index contributed by atoms with van der Waals surface area (Å²) >= 11 is 5.16. The topological polar surface area (TPSA) is 35.0 Å². The fraction of sp³-hybridized carbons (Fsp3) is 0.429. The highest BCUT2D eigenvalue weighted by molar-refractivity contribution is 7.99. The number of rotatable bonds is 6. The summed E-state index contributed by atoms with van der Waals surface area (Å²) in [5, 5.41) is 3.06. The Hall–Kier alpha value is -1.15. The number of benzene rings is 1. The van der Waals surface area contributed by atoms with Gasteiger partial charge in [-0.15, -0.1) is 23.1 Å². The third-order valence-corrected chi connectivity index (χ3v) is 7.80. The largest absolute Gasteiger partial charge is 0.370 e. The predicted molar refractivity (Wildman–Crippen MR) is 117 cm³/mol. The van der Waals surface area contributed by atoms with Crippen LogP contribution in [-0.4, -0.2) is 21.3 Å². The minimum absolute atomic E-state index is 0.171. The number of halogens is 1. The molecule has 0 N–H and O–H groups in total. The molecule has 0 amide bonds. The summed E-state index contributed by atoms with van der Waals surface area (Å²) in [4.78, 5) is 12.1. The molecular formula is C21H23FN2OS3. The first kappa shape index (κ1) is 20.1. The number of aromatic nitrogens is 2. The summed E-state index contributed by atoms with van der Waals surface area (Å²) < 4.78 is 19.2. The van der Waals surface area contributed by atoms with Gasteiger partial charge in [-0.3, -0.25) is 0 Å². The van der Waals surface area contributed by atoms with Gasteiger partial charge < -0.3 is 4.74 Å². The lowest BCUT2D eigenvalue weighted by Crippen LogP contribution is -2.31. The number of thiophene rings is 1. The zero-order chi connectivity index (χ0) is 19.7. The standard InChI is InChI=1S/C21H23FN2OS3/c1-4-9-26-20-23-18(27-12-13-5-7-14(22)8-6-13)17-15-10-21(2,3)25-11-16(15)28-19(17)24-20/h5-8H,4,9-12H2,1-3H3. The molecule has 4 rings (SSSR count). The van der Waals surface area contributed by atoms with Crippen LogP contribution < -0.4 is 0 Å². The van der Waals surface area contributed by atoms with Crippen LogP contribution in [0, 0.1) is 5.82 Å². The Labute approximate surface area is 177 Å². The minimum Gasteiger partial charge on any atom is -0.370 e. The van der Waals surface area contributed by atoms with Gasteiger partial charge in [-0.2, -0.15) is 0 Å². The summed E-state index contributed by atoms with van der Waals surface area (Å²) in [5.41, 5.74) is 2.26. The van der Waals surface area contributed by atoms with E-state index < -0.39 is 0 Å². The Balaban J connectivity index is 1.72. The van der Waals surface area contributed by atoms with Gasteiger partial charge >= 0.3 is 0 Å². The van der Waals surface area contributed by atoms with Crippen molar-refractivity contribution < 1.29 is 9.13 Å². The van der Waals surface area contributed by atoms with E-state index in [0.29, 0.717) is 6.61 Å². The number of hydrogen-bond donors (Lipinski definition) is 0. The van der Waals surface area contributed by atoms with Crippen LogP contribution in [0.4, 0.5) is 4.39 Å². The molecule has 0 radical (unpaired) electrons. The molecule has 0 spiro atoms. The molecule has 1 aliphatic heterocycles. The molecule has 1 aliphatic rings. The molecule has 0 aliphatic carbocycles. The Kier molecular flexibility index (Phi) is 5.97. The van der Waals surface area contributed by atoms with Gasteiger partial charge in [0.15, 0.2) is 5.16 Å². The maximum absolute atomic E-state index is 13.2. The number of ether oxygens (including phenoxy) is 1. The number of thioether (sulfide) groups is 2. The molecule has 0 fully saturated rings. The van der Waals surface area contributed by atoms with Gasteiger partial charge in [0.25, 0.3) is 0 Å². The van der Waals surface area contributed by atoms with Crippen molar-refractivity contribution in [2.24, 2.45) is 0 Å². The second-order valence-electron chi connectivity index (χ2n) is 7.48. The maximum Gasteiger partial charge on any atom is 0.190 e. The summed E-state index contributed by atoms with van der Waals surface area (Å²) in [6, 6.07) is 6.71. The molecule has 7 heteroatoms. The average Bonchev–Trinajstić information content (AvgIpc) is 3.02. The first-order chi connectivity index (χ1) is 13.4. The van der Waals surface area contributed by atoms with Crippen LogP contribution in [0.15, 0.2) is 34.4 Å². The lowest BCUT2D eigenvalue weighted by atomic mass is 9.95. The molecule has 3 heterocycles. The van der Waals surface area contributed by atoms with E-state index in [0.717, 1.165) is 44.9 Å². The molecule has 0 unspecified atom stereocenters. The molecular weight excluding hydrogens is 411 g/mol. The van der Waals surface area contributed by atoms with E-state index in [1.54, 1.807) is 34.9 Å². The van der Waals surface area contributed by atoms with Crippen molar-refractivity contribution in [2.45, 2.75) is 61.8 Å². The monoisotopic (exact) mass is 434 g/mol. The Morgan fingerprint density at radius 3 is 2.71 bits per heavy atom. The fourth-order valence-electron chi connectivity index (χ4n) is 3.19. The molecule has 148 valence electrons. The van der Waals surface area contributed by atoms with Crippen LogP contribution in [0.5, 0.6) is 0 Å². The Morgan fingerprint density at radius 1 is 1.18 bits per heavy atom. The third-order valence-electron chi connectivity index (χ3n) is 4.60. The van der Waals surface area contributed by atoms with Gasteiger partial charge in [-0.05, 0) is 43.5 Å². The van der Waals surface area contributed by atoms with Crippen LogP contribution in [0.25, 0.3) is 10.2 Å². The molecule has 0 saturated heterocycles. The summed E-state index contributed by atoms with van der Waals surface area (Å²) in [6.45, 7) is 7.08. The second-order valence-corrected chi connectivity index (χ2v) is 10.6. The van der Waals surface area contributed by atoms with E-state index in [9.17, 15) is 4.39 Å². The molecule has 3 aromatic rings. The van der Waals surface area contributed by atoms with Gasteiger partial charge in [0.05, 0.1) is 12.2 Å². The van der Waals surface area contributed by atoms with E-state index in [-0.39, 0.29) is 11.4 Å². The summed E-state index contributed by atoms with van der Waals surface area (Å²) in [6.07, 6.45) is 1.96. The van der Waals surface area contributed by atoms with Crippen molar-refractivity contribution in [3.8, 4) is 0 Å². The second kappa shape index (κ2) is 8.30. The van der Waals surface area contributed by atoms with Gasteiger partial charge in [-0.1, -0.05) is 30.8 Å². The van der Waals surface area contributed by atoms with Crippen LogP contribution in [-0.2, 0) is 23.5 Å². The normalized spacial score (nSPS) is 15.7. The SMILES string of the molecule is CCCSc1nc(SCc2ccc(F)cc2)c2c3c(sc2n1)COC(C)(C)C3. The van der Waals surface area contributed by atoms with Crippen LogP contribution >= 0.6 is 34.9 Å². The van der Waals surface area contributed by atoms with Gasteiger partial charge in [0, 0.05) is 28.2 Å². The van der Waals surface area contributed by atoms with Crippen molar-refractivity contribution in [2.75, 3.05) is 5.75 Å². The maximum atomic E-state index is 13.2. The average molecular weight is 435 g/mol. The molecule has 0 saturated carbocycles. The molecule has 0 atom stereocenters. The molecule has 3 nitrogen and oxygen atoms in total. The highest BCUT2D eigenvalue weighted by Gasteiger charge is 2.31. The third kappa shape index (κ3) is 4.37. The Bertz CT molecular complexity index is 985. The van der Waals surface area contributed by atoms with E-state index in [1.807, 2.05) is 12.1 Å². The smallest absolute Gasteiger partial charge is 0.190 e. The van der Waals surface area contributed by atoms with Crippen molar-refractivity contribution in [3.05, 3.63) is 46.1 Å². The highest BCUT2D eigenvalue weighted by Crippen LogP contribution is 2.42. The number of hydrogen-bond acceptors (Lipinski definition) is 6. The quantitative estimate of drug-likeness (QED) is 0.252. The number of fused-ring (bicyclic) bond motifs is 3. The highest BCUT2D eigenvalue weighted by atomic mass is 32.2. The fourth-order valence-corrected chi connectivity index (χ4v) is 6.18. The summed E-state index contributed by atoms with van der Waals surface area (Å²) in [7, 11) is 0. The van der Waals surface area contributed by atoms with Crippen molar-refractivity contribution in [1.29, 1.82) is 0 Å². The van der Waals surface area contributed by atoms with Crippen LogP contribution in [0.1, 0.15) is 43.2 Å².